The zero-order valence-electron chi connectivity index (χ0n) is 22.7. The van der Waals surface area contributed by atoms with E-state index in [1.165, 1.54) is 7.11 Å². The number of carboxylic acid groups (broad SMARTS) is 1. The number of aliphatic carboxylic acids is 1. The van der Waals surface area contributed by atoms with Crippen molar-refractivity contribution in [2.45, 2.75) is 78.1 Å². The van der Waals surface area contributed by atoms with E-state index in [9.17, 15) is 32.8 Å². The highest BCUT2D eigenvalue weighted by Crippen LogP contribution is 2.13. The van der Waals surface area contributed by atoms with Crippen molar-refractivity contribution < 1.29 is 47.4 Å². The Labute approximate surface area is 225 Å². The Kier molecular flexibility index (Phi) is 14.2. The highest BCUT2D eigenvalue weighted by Gasteiger charge is 2.34. The summed E-state index contributed by atoms with van der Waals surface area (Å²) in [5.41, 5.74) is 3.76. The summed E-state index contributed by atoms with van der Waals surface area (Å²) in [6.45, 7) is 7.22. The van der Waals surface area contributed by atoms with Gasteiger partial charge in [-0.2, -0.15) is 5.48 Å². The van der Waals surface area contributed by atoms with E-state index in [0.29, 0.717) is 17.5 Å². The average Bonchev–Trinajstić information content (AvgIpc) is 2.88. The number of methoxy groups -OCH3 is 1. The van der Waals surface area contributed by atoms with Crippen LogP contribution in [0.5, 0.6) is 0 Å². The number of hydrogen-bond donors (Lipinski definition) is 4. The average molecular weight is 558 g/mol. The SMILES string of the molecule is CCC(C)[C@H](NOCc1ccc(C(=O)OC)cc1)C(=O)N[C@@H](CC(C)C)C(=O)N[C@@H](CC(F)F)C(=O)C(=O)O. The van der Waals surface area contributed by atoms with Crippen LogP contribution in [-0.4, -0.2) is 66.3 Å². The molecule has 218 valence electrons. The van der Waals surface area contributed by atoms with Crippen LogP contribution in [0.3, 0.4) is 0 Å². The number of ether oxygens (including phenoxy) is 1. The molecule has 0 aromatic heterocycles. The van der Waals surface area contributed by atoms with Crippen molar-refractivity contribution in [3.8, 4) is 0 Å². The molecule has 0 fully saturated rings. The number of Topliss-reactive ketones (excluding diaryl/α,β-unsaturated/α-hetero) is 1. The van der Waals surface area contributed by atoms with Crippen LogP contribution in [0.4, 0.5) is 8.78 Å². The molecule has 0 bridgehead atoms. The van der Waals surface area contributed by atoms with Gasteiger partial charge in [0.15, 0.2) is 0 Å². The van der Waals surface area contributed by atoms with Crippen LogP contribution in [0.2, 0.25) is 0 Å². The lowest BCUT2D eigenvalue weighted by atomic mass is 9.97. The van der Waals surface area contributed by atoms with Gasteiger partial charge in [-0.1, -0.05) is 46.2 Å². The maximum Gasteiger partial charge on any atom is 0.374 e. The second-order valence-corrected chi connectivity index (χ2v) is 9.51. The van der Waals surface area contributed by atoms with Crippen LogP contribution in [0.1, 0.15) is 62.9 Å². The third kappa shape index (κ3) is 11.4. The molecule has 1 unspecified atom stereocenters. The fraction of sp³-hybridized carbons (Fsp3) is 0.577. The number of alkyl halides is 2. The molecule has 0 saturated heterocycles. The molecule has 39 heavy (non-hydrogen) atoms. The Hall–Kier alpha value is -3.45. The third-order valence-electron chi connectivity index (χ3n) is 5.92. The molecular formula is C26H37F2N3O8. The Morgan fingerprint density at radius 2 is 1.51 bits per heavy atom. The first-order valence-corrected chi connectivity index (χ1v) is 12.5. The van der Waals surface area contributed by atoms with Gasteiger partial charge >= 0.3 is 11.9 Å². The largest absolute Gasteiger partial charge is 0.475 e. The van der Waals surface area contributed by atoms with Gasteiger partial charge in [0.25, 0.3) is 5.78 Å². The number of ketones is 1. The number of esters is 1. The number of hydrogen-bond acceptors (Lipinski definition) is 8. The number of carbonyl (C=O) groups is 5. The second-order valence-electron chi connectivity index (χ2n) is 9.51. The normalized spacial score (nSPS) is 14.3. The highest BCUT2D eigenvalue weighted by molar-refractivity contribution is 6.35. The van der Waals surface area contributed by atoms with E-state index in [-0.39, 0.29) is 24.9 Å². The number of nitrogens with one attached hydrogen (secondary N) is 3. The Morgan fingerprint density at radius 1 is 0.923 bits per heavy atom. The van der Waals surface area contributed by atoms with Crippen molar-refractivity contribution in [1.29, 1.82) is 0 Å². The number of benzene rings is 1. The van der Waals surface area contributed by atoms with Gasteiger partial charge in [0.2, 0.25) is 18.2 Å². The zero-order valence-corrected chi connectivity index (χ0v) is 22.7. The molecule has 1 rings (SSSR count). The molecule has 0 aliphatic heterocycles. The summed E-state index contributed by atoms with van der Waals surface area (Å²) in [5, 5.41) is 13.6. The number of halogens is 2. The minimum absolute atomic E-state index is 0.0458. The topological polar surface area (TPSA) is 160 Å². The first-order valence-electron chi connectivity index (χ1n) is 12.5. The van der Waals surface area contributed by atoms with Crippen molar-refractivity contribution in [2.75, 3.05) is 7.11 Å². The highest BCUT2D eigenvalue weighted by atomic mass is 19.3. The lowest BCUT2D eigenvalue weighted by Crippen LogP contribution is -2.57. The second kappa shape index (κ2) is 16.5. The standard InChI is InChI=1S/C26H37F2N3O8/c1-6-15(4)21(31-39-13-16-7-9-17(10-8-16)26(37)38-5)24(34)30-19(11-14(2)3)23(33)29-18(12-20(27)28)22(32)25(35)36/h7-10,14-15,18-21,31H,6,11-13H2,1-5H3,(H,29,33)(H,30,34)(H,35,36)/t15?,18-,19-,21-/m0/s1. The van der Waals surface area contributed by atoms with Crippen LogP contribution >= 0.6 is 0 Å². The van der Waals surface area contributed by atoms with E-state index in [1.54, 1.807) is 45.0 Å². The Morgan fingerprint density at radius 3 is 2.00 bits per heavy atom. The van der Waals surface area contributed by atoms with Crippen molar-refractivity contribution in [2.24, 2.45) is 11.8 Å². The Bertz CT molecular complexity index is 988. The molecular weight excluding hydrogens is 520 g/mol. The predicted octanol–water partition coefficient (Wildman–Crippen LogP) is 2.23. The molecule has 0 saturated carbocycles. The molecule has 1 aromatic carbocycles. The van der Waals surface area contributed by atoms with Crippen LogP contribution in [-0.2, 0) is 35.4 Å². The lowest BCUT2D eigenvalue weighted by molar-refractivity contribution is -0.151. The zero-order chi connectivity index (χ0) is 29.7. The maximum absolute atomic E-state index is 13.2. The summed E-state index contributed by atoms with van der Waals surface area (Å²) in [7, 11) is 1.27. The summed E-state index contributed by atoms with van der Waals surface area (Å²) in [6.07, 6.45) is -3.55. The van der Waals surface area contributed by atoms with Gasteiger partial charge in [0.1, 0.15) is 18.1 Å². The van der Waals surface area contributed by atoms with Crippen molar-refractivity contribution in [3.05, 3.63) is 35.4 Å². The van der Waals surface area contributed by atoms with E-state index in [2.05, 4.69) is 20.9 Å². The van der Waals surface area contributed by atoms with Crippen molar-refractivity contribution in [1.82, 2.24) is 16.1 Å². The monoisotopic (exact) mass is 557 g/mol. The Balaban J connectivity index is 2.95. The summed E-state index contributed by atoms with van der Waals surface area (Å²) < 4.78 is 30.5. The molecule has 11 nitrogen and oxygen atoms in total. The van der Waals surface area contributed by atoms with E-state index in [1.807, 2.05) is 6.92 Å². The first-order chi connectivity index (χ1) is 18.3. The van der Waals surface area contributed by atoms with Gasteiger partial charge in [-0.25, -0.2) is 18.4 Å². The van der Waals surface area contributed by atoms with Crippen molar-refractivity contribution >= 4 is 29.5 Å². The third-order valence-corrected chi connectivity index (χ3v) is 5.92. The van der Waals surface area contributed by atoms with Gasteiger partial charge in [0.05, 0.1) is 19.3 Å². The molecule has 1 aromatic rings. The first kappa shape index (κ1) is 33.6. The van der Waals surface area contributed by atoms with Gasteiger partial charge in [0, 0.05) is 6.42 Å². The van der Waals surface area contributed by atoms with Gasteiger partial charge in [-0.15, -0.1) is 0 Å². The van der Waals surface area contributed by atoms with Crippen LogP contribution < -0.4 is 16.1 Å². The summed E-state index contributed by atoms with van der Waals surface area (Å²) in [4.78, 5) is 66.0. The van der Waals surface area contributed by atoms with E-state index in [4.69, 9.17) is 9.94 Å². The number of amides is 2. The van der Waals surface area contributed by atoms with Crippen LogP contribution in [0.25, 0.3) is 0 Å². The molecule has 13 heteroatoms. The van der Waals surface area contributed by atoms with Crippen molar-refractivity contribution in [3.63, 3.8) is 0 Å². The summed E-state index contributed by atoms with van der Waals surface area (Å²) in [5.74, 6) is -5.96. The molecule has 2 amide bonds. The number of hydroxylamine groups is 1. The molecule has 0 aliphatic rings. The smallest absolute Gasteiger partial charge is 0.374 e. The molecule has 0 radical (unpaired) electrons. The number of carboxylic acids is 1. The quantitative estimate of drug-likeness (QED) is 0.128. The van der Waals surface area contributed by atoms with E-state index < -0.39 is 60.5 Å². The van der Waals surface area contributed by atoms with E-state index >= 15 is 0 Å². The summed E-state index contributed by atoms with van der Waals surface area (Å²) >= 11 is 0. The minimum atomic E-state index is -3.04. The maximum atomic E-state index is 13.2. The molecule has 0 spiro atoms. The molecule has 0 heterocycles. The predicted molar refractivity (Wildman–Crippen MR) is 136 cm³/mol. The van der Waals surface area contributed by atoms with Gasteiger partial charge < -0.3 is 20.5 Å². The van der Waals surface area contributed by atoms with E-state index in [0.717, 1.165) is 0 Å². The minimum Gasteiger partial charge on any atom is -0.475 e. The summed E-state index contributed by atoms with van der Waals surface area (Å²) in [6, 6.07) is 2.36. The molecule has 4 N–H and O–H groups in total. The molecule has 4 atom stereocenters. The van der Waals surface area contributed by atoms with Crippen LogP contribution in [0.15, 0.2) is 24.3 Å². The van der Waals surface area contributed by atoms with Gasteiger partial charge in [-0.05, 0) is 36.0 Å². The van der Waals surface area contributed by atoms with Crippen LogP contribution in [0, 0.1) is 11.8 Å². The molecule has 0 aliphatic carbocycles. The number of rotatable bonds is 17. The fourth-order valence-corrected chi connectivity index (χ4v) is 3.53. The van der Waals surface area contributed by atoms with Gasteiger partial charge in [-0.3, -0.25) is 19.2 Å². The fourth-order valence-electron chi connectivity index (χ4n) is 3.53. The lowest BCUT2D eigenvalue weighted by Gasteiger charge is -2.27. The number of carbonyl (C=O) groups excluding carboxylic acids is 4.